The van der Waals surface area contributed by atoms with Gasteiger partial charge in [-0.3, -0.25) is 0 Å². The molecule has 0 heterocycles. The number of quaternary nitrogens is 2. The maximum absolute atomic E-state index is 8.33. The van der Waals surface area contributed by atoms with Crippen LogP contribution < -0.4 is 40.1 Å². The van der Waals surface area contributed by atoms with Crippen molar-refractivity contribution in [1.82, 2.24) is 0 Å². The molecule has 92 valence electrons. The number of hydrogen-bond acceptors (Lipinski definition) is 9. The van der Waals surface area contributed by atoms with E-state index in [1.807, 2.05) is 0 Å². The summed E-state index contributed by atoms with van der Waals surface area (Å²) in [6.45, 7) is 0. The van der Waals surface area contributed by atoms with Crippen molar-refractivity contribution in [2.24, 2.45) is 0 Å². The smallest absolute Gasteiger partial charge is 0.652 e. The second kappa shape index (κ2) is 44.9. The van der Waals surface area contributed by atoms with E-state index in [0.29, 0.717) is 0 Å². The van der Waals surface area contributed by atoms with E-state index in [9.17, 15) is 0 Å². The minimum absolute atomic E-state index is 0. The molecule has 6 N–H and O–H groups in total. The molecule has 0 rings (SSSR count). The maximum Gasteiger partial charge on any atom is 4.00 e. The SMILES string of the molecule is O=C([O-])[O-].O=C([O-])[O-].O=C([O-])[O-].[NH3+][Al].[NH3+][Al].[Zr+4]. The Kier molecular flexibility index (Phi) is 94.9. The van der Waals surface area contributed by atoms with Gasteiger partial charge in [-0.1, -0.05) is 0 Å². The predicted octanol–water partition coefficient (Wildman–Crippen LogP) is -10.7. The Morgan fingerprint density at radius 3 is 0.588 bits per heavy atom. The molecule has 11 nitrogen and oxygen atoms in total. The quantitative estimate of drug-likeness (QED) is 0.389. The largest absolute Gasteiger partial charge is 4.00 e. The molecule has 0 atom stereocenters. The first kappa shape index (κ1) is 36.0. The summed E-state index contributed by atoms with van der Waals surface area (Å²) in [5.41, 5.74) is 0. The monoisotopic (exact) mass is 358 g/mol. The zero-order valence-corrected chi connectivity index (χ0v) is 13.0. The third-order valence-corrected chi connectivity index (χ3v) is 0. The van der Waals surface area contributed by atoms with E-state index in [4.69, 9.17) is 45.0 Å². The van der Waals surface area contributed by atoms with Crippen molar-refractivity contribution in [1.29, 1.82) is 0 Å². The van der Waals surface area contributed by atoms with Crippen LogP contribution in [0.15, 0.2) is 0 Å². The van der Waals surface area contributed by atoms with E-state index in [1.165, 1.54) is 0 Å². The average Bonchev–Trinajstić information content (AvgIpc) is 2.07. The maximum atomic E-state index is 8.33. The molecule has 0 aromatic heterocycles. The molecule has 0 fully saturated rings. The van der Waals surface area contributed by atoms with Crippen molar-refractivity contribution in [3.05, 3.63) is 0 Å². The third-order valence-electron chi connectivity index (χ3n) is 0. The summed E-state index contributed by atoms with van der Waals surface area (Å²) in [4.78, 5) is 25.0. The van der Waals surface area contributed by atoms with Crippen LogP contribution in [-0.4, -0.2) is 51.5 Å². The number of carbonyl (C=O) groups is 3. The minimum atomic E-state index is -2.33. The van der Waals surface area contributed by atoms with Crippen molar-refractivity contribution >= 4 is 51.5 Å². The summed E-state index contributed by atoms with van der Waals surface area (Å²) in [5, 5.41) is 50.0. The second-order valence-corrected chi connectivity index (χ2v) is 0.750. The van der Waals surface area contributed by atoms with Crippen LogP contribution in [-0.2, 0) is 26.2 Å². The van der Waals surface area contributed by atoms with Crippen LogP contribution in [0.5, 0.6) is 0 Å². The molecule has 0 aliphatic heterocycles. The van der Waals surface area contributed by atoms with Crippen LogP contribution in [0.4, 0.5) is 14.4 Å². The third kappa shape index (κ3) is 28300. The molecule has 14 heteroatoms. The van der Waals surface area contributed by atoms with Crippen LogP contribution in [0, 0.1) is 0 Å². The molecule has 0 bridgehead atoms. The number of rotatable bonds is 0. The molecule has 0 spiro atoms. The number of hydrogen-bond donors (Lipinski definition) is 2. The van der Waals surface area contributed by atoms with Crippen LogP contribution in [0.3, 0.4) is 0 Å². The fourth-order valence-corrected chi connectivity index (χ4v) is 0. The van der Waals surface area contributed by atoms with Gasteiger partial charge in [0.1, 0.15) is 0 Å². The Bertz CT molecular complexity index is 130. The van der Waals surface area contributed by atoms with Gasteiger partial charge >= 0.3 is 59.2 Å². The summed E-state index contributed by atoms with van der Waals surface area (Å²) in [7, 11) is 0. The summed E-state index contributed by atoms with van der Waals surface area (Å²) >= 11 is 4.33. The minimum Gasteiger partial charge on any atom is -0.652 e. The van der Waals surface area contributed by atoms with Gasteiger partial charge < -0.3 is 54.5 Å². The molecule has 0 amide bonds. The topological polar surface area (TPSA) is 245 Å². The Morgan fingerprint density at radius 1 is 0.588 bits per heavy atom. The van der Waals surface area contributed by atoms with Crippen LogP contribution >= 0.6 is 0 Å². The zero-order valence-electron chi connectivity index (χ0n) is 8.24. The Labute approximate surface area is 131 Å². The van der Waals surface area contributed by atoms with Crippen molar-refractivity contribution < 1.29 is 80.7 Å². The fraction of sp³-hybridized carbons (Fsp3) is 0. The van der Waals surface area contributed by atoms with Gasteiger partial charge in [-0.2, -0.15) is 0 Å². The first-order valence-electron chi connectivity index (χ1n) is 2.65. The van der Waals surface area contributed by atoms with Crippen molar-refractivity contribution in [3.63, 3.8) is 0 Å². The number of carbonyl (C=O) groups excluding carboxylic acids is 3. The van der Waals surface area contributed by atoms with Gasteiger partial charge in [0.25, 0.3) is 0 Å². The Balaban J connectivity index is -0.0000000227. The van der Waals surface area contributed by atoms with E-state index in [1.54, 1.807) is 0 Å². The standard InChI is InChI=1S/3CH2O3.2Al.2H3N.Zr/c3*2-1(3)4;;;;;/h3*(H2,2,3,4);;;2*1H3;/q;;;2*+1;;;+4/p-6. The second-order valence-electron chi connectivity index (χ2n) is 0.750. The van der Waals surface area contributed by atoms with Crippen LogP contribution in [0.25, 0.3) is 0 Å². The summed E-state index contributed by atoms with van der Waals surface area (Å²) in [5.74, 6) is 0. The molecule has 0 aliphatic carbocycles. The zero-order chi connectivity index (χ0) is 14.7. The van der Waals surface area contributed by atoms with E-state index in [2.05, 4.69) is 42.5 Å². The van der Waals surface area contributed by atoms with Crippen molar-refractivity contribution in [3.8, 4) is 0 Å². The van der Waals surface area contributed by atoms with E-state index >= 15 is 0 Å². The summed E-state index contributed by atoms with van der Waals surface area (Å²) in [6, 6.07) is 0. The fourth-order valence-electron chi connectivity index (χ4n) is 0. The molecule has 0 aromatic carbocycles. The molecule has 0 saturated heterocycles. The van der Waals surface area contributed by atoms with E-state index in [-0.39, 0.29) is 26.2 Å². The number of carboxylic acid groups (broad SMARTS) is 6. The molecule has 4 radical (unpaired) electrons. The summed E-state index contributed by atoms with van der Waals surface area (Å²) in [6.07, 6.45) is -7.00. The van der Waals surface area contributed by atoms with Gasteiger partial charge in [0.15, 0.2) is 0 Å². The van der Waals surface area contributed by atoms with Gasteiger partial charge in [-0.25, -0.2) is 0 Å². The Morgan fingerprint density at radius 2 is 0.588 bits per heavy atom. The van der Waals surface area contributed by atoms with Gasteiger partial charge in [-0.15, -0.1) is 0 Å². The van der Waals surface area contributed by atoms with Gasteiger partial charge in [0.05, 0.1) is 0 Å². The molecule has 0 aliphatic rings. The van der Waals surface area contributed by atoms with Gasteiger partial charge in [0, 0.05) is 0 Å². The molecule has 17 heavy (non-hydrogen) atoms. The first-order chi connectivity index (χ1) is 7.20. The van der Waals surface area contributed by atoms with E-state index < -0.39 is 18.5 Å². The normalized spacial score (nSPS) is 4.82. The predicted molar refractivity (Wildman–Crippen MR) is 33.5 cm³/mol. The van der Waals surface area contributed by atoms with Crippen LogP contribution in [0.2, 0.25) is 0 Å². The Hall–Kier alpha value is -0.322. The van der Waals surface area contributed by atoms with Gasteiger partial charge in [0.2, 0.25) is 0 Å². The van der Waals surface area contributed by atoms with Crippen molar-refractivity contribution in [2.75, 3.05) is 0 Å². The van der Waals surface area contributed by atoms with Gasteiger partial charge in [-0.05, 0) is 18.5 Å². The average molecular weight is 359 g/mol. The molecular formula is C3H6Al2N2O9Zr. The van der Waals surface area contributed by atoms with Crippen LogP contribution in [0.1, 0.15) is 0 Å². The summed E-state index contributed by atoms with van der Waals surface area (Å²) < 4.78 is 6.33. The molecular weight excluding hydrogens is 353 g/mol. The molecule has 0 unspecified atom stereocenters. The molecule has 0 saturated carbocycles. The van der Waals surface area contributed by atoms with Crippen molar-refractivity contribution in [2.45, 2.75) is 0 Å². The van der Waals surface area contributed by atoms with E-state index in [0.717, 1.165) is 0 Å². The molecule has 0 aromatic rings. The first-order valence-corrected chi connectivity index (χ1v) is 4.29.